The average molecular weight is 286 g/mol. The molecule has 0 saturated carbocycles. The molecular formula is C13H22N2O3S. The molecule has 1 fully saturated rings. The van der Waals surface area contributed by atoms with Crippen LogP contribution in [0.3, 0.4) is 0 Å². The molecule has 6 heteroatoms. The molecule has 1 rings (SSSR count). The molecular weight excluding hydrogens is 264 g/mol. The van der Waals surface area contributed by atoms with Crippen molar-refractivity contribution < 1.29 is 13.2 Å². The second kappa shape index (κ2) is 6.92. The van der Waals surface area contributed by atoms with Gasteiger partial charge >= 0.3 is 0 Å². The molecule has 5 nitrogen and oxygen atoms in total. The number of nitrogens with two attached hydrogens (primary N) is 1. The maximum Gasteiger partial charge on any atom is 0.240 e. The molecule has 0 aromatic carbocycles. The highest BCUT2D eigenvalue weighted by Gasteiger charge is 2.35. The van der Waals surface area contributed by atoms with E-state index in [2.05, 4.69) is 5.92 Å². The lowest BCUT2D eigenvalue weighted by Crippen LogP contribution is -2.49. The van der Waals surface area contributed by atoms with Crippen LogP contribution in [0.1, 0.15) is 32.6 Å². The quantitative estimate of drug-likeness (QED) is 0.705. The van der Waals surface area contributed by atoms with E-state index in [4.69, 9.17) is 12.2 Å². The Hall–Kier alpha value is -1.06. The van der Waals surface area contributed by atoms with E-state index in [9.17, 15) is 13.2 Å². The van der Waals surface area contributed by atoms with Gasteiger partial charge in [-0.25, -0.2) is 8.42 Å². The molecule has 0 aromatic rings. The first kappa shape index (κ1) is 16.0. The third kappa shape index (κ3) is 4.51. The second-order valence-electron chi connectivity index (χ2n) is 4.96. The van der Waals surface area contributed by atoms with Gasteiger partial charge in [0.15, 0.2) is 9.84 Å². The average Bonchev–Trinajstić information content (AvgIpc) is 2.70. The predicted octanol–water partition coefficient (Wildman–Crippen LogP) is 0.153. The van der Waals surface area contributed by atoms with Gasteiger partial charge in [0, 0.05) is 19.0 Å². The van der Waals surface area contributed by atoms with Crippen molar-refractivity contribution in [2.24, 2.45) is 5.73 Å². The van der Waals surface area contributed by atoms with Crippen molar-refractivity contribution in [1.29, 1.82) is 0 Å². The number of hydrogen-bond donors (Lipinski definition) is 1. The summed E-state index contributed by atoms with van der Waals surface area (Å²) in [6.45, 7) is 2.57. The van der Waals surface area contributed by atoms with Crippen LogP contribution in [0.25, 0.3) is 0 Å². The van der Waals surface area contributed by atoms with Gasteiger partial charge in [-0.15, -0.1) is 12.3 Å². The Labute approximate surface area is 115 Å². The minimum atomic E-state index is -3.01. The lowest BCUT2D eigenvalue weighted by Gasteiger charge is -2.30. The highest BCUT2D eigenvalue weighted by molar-refractivity contribution is 7.91. The van der Waals surface area contributed by atoms with Crippen LogP contribution < -0.4 is 5.73 Å². The van der Waals surface area contributed by atoms with Gasteiger partial charge in [-0.3, -0.25) is 4.79 Å². The van der Waals surface area contributed by atoms with Crippen LogP contribution in [0.2, 0.25) is 0 Å². The maximum absolute atomic E-state index is 12.2. The Morgan fingerprint density at radius 1 is 1.58 bits per heavy atom. The van der Waals surface area contributed by atoms with Crippen molar-refractivity contribution in [3.05, 3.63) is 0 Å². The standard InChI is InChI=1S/C13H22N2O3S/c1-3-5-8-15(13(16)12(14)6-4-2)11-7-9-19(17,18)10-11/h2,11-12H,3,5-10,14H2,1H3. The summed E-state index contributed by atoms with van der Waals surface area (Å²) in [5.74, 6) is 2.34. The van der Waals surface area contributed by atoms with Crippen LogP contribution in [0.15, 0.2) is 0 Å². The summed E-state index contributed by atoms with van der Waals surface area (Å²) in [6.07, 6.45) is 7.63. The number of hydrogen-bond acceptors (Lipinski definition) is 4. The largest absolute Gasteiger partial charge is 0.337 e. The minimum absolute atomic E-state index is 0.0469. The molecule has 2 atom stereocenters. The Kier molecular flexibility index (Phi) is 5.83. The number of unbranched alkanes of at least 4 members (excludes halogenated alkanes) is 1. The predicted molar refractivity (Wildman–Crippen MR) is 75.1 cm³/mol. The zero-order valence-electron chi connectivity index (χ0n) is 11.3. The van der Waals surface area contributed by atoms with Crippen LogP contribution in [-0.4, -0.2) is 49.4 Å². The summed E-state index contributed by atoms with van der Waals surface area (Å²) in [7, 11) is -3.01. The van der Waals surface area contributed by atoms with Crippen molar-refractivity contribution >= 4 is 15.7 Å². The molecule has 108 valence electrons. The Bertz CT molecular complexity index is 453. The van der Waals surface area contributed by atoms with E-state index >= 15 is 0 Å². The van der Waals surface area contributed by atoms with E-state index in [0.717, 1.165) is 12.8 Å². The van der Waals surface area contributed by atoms with Gasteiger partial charge in [0.25, 0.3) is 0 Å². The van der Waals surface area contributed by atoms with E-state index in [1.807, 2.05) is 6.92 Å². The monoisotopic (exact) mass is 286 g/mol. The van der Waals surface area contributed by atoms with Crippen molar-refractivity contribution in [2.75, 3.05) is 18.1 Å². The van der Waals surface area contributed by atoms with E-state index in [0.29, 0.717) is 13.0 Å². The van der Waals surface area contributed by atoms with E-state index in [-0.39, 0.29) is 29.9 Å². The summed E-state index contributed by atoms with van der Waals surface area (Å²) >= 11 is 0. The molecule has 1 saturated heterocycles. The van der Waals surface area contributed by atoms with Gasteiger partial charge in [0.2, 0.25) is 5.91 Å². The Morgan fingerprint density at radius 2 is 2.26 bits per heavy atom. The van der Waals surface area contributed by atoms with E-state index < -0.39 is 15.9 Å². The van der Waals surface area contributed by atoms with Crippen molar-refractivity contribution in [1.82, 2.24) is 4.90 Å². The summed E-state index contributed by atoms with van der Waals surface area (Å²) in [6, 6.07) is -0.974. The summed E-state index contributed by atoms with van der Waals surface area (Å²) < 4.78 is 23.1. The summed E-state index contributed by atoms with van der Waals surface area (Å²) in [4.78, 5) is 13.9. The van der Waals surface area contributed by atoms with Gasteiger partial charge in [0.1, 0.15) is 0 Å². The number of nitrogens with zero attached hydrogens (tertiary/aromatic N) is 1. The molecule has 1 aliphatic heterocycles. The fourth-order valence-electron chi connectivity index (χ4n) is 2.25. The van der Waals surface area contributed by atoms with Gasteiger partial charge < -0.3 is 10.6 Å². The maximum atomic E-state index is 12.2. The molecule has 2 unspecified atom stereocenters. The van der Waals surface area contributed by atoms with Crippen LogP contribution >= 0.6 is 0 Å². The summed E-state index contributed by atoms with van der Waals surface area (Å²) in [5, 5.41) is 0. The first-order valence-electron chi connectivity index (χ1n) is 6.61. The van der Waals surface area contributed by atoms with Crippen LogP contribution in [-0.2, 0) is 14.6 Å². The highest BCUT2D eigenvalue weighted by atomic mass is 32.2. The zero-order valence-corrected chi connectivity index (χ0v) is 12.2. The number of carbonyl (C=O) groups excluding carboxylic acids is 1. The molecule has 1 heterocycles. The first-order chi connectivity index (χ1) is 8.91. The lowest BCUT2D eigenvalue weighted by molar-refractivity contribution is -0.134. The molecule has 1 amide bonds. The molecule has 0 radical (unpaired) electrons. The number of terminal acetylenes is 1. The normalized spacial score (nSPS) is 22.7. The van der Waals surface area contributed by atoms with Crippen molar-refractivity contribution in [3.63, 3.8) is 0 Å². The zero-order chi connectivity index (χ0) is 14.5. The Morgan fingerprint density at radius 3 is 2.74 bits per heavy atom. The Balaban J connectivity index is 2.77. The van der Waals surface area contributed by atoms with Gasteiger partial charge in [-0.05, 0) is 12.8 Å². The number of sulfone groups is 1. The molecule has 19 heavy (non-hydrogen) atoms. The molecule has 0 aliphatic carbocycles. The minimum Gasteiger partial charge on any atom is -0.337 e. The fourth-order valence-corrected chi connectivity index (χ4v) is 3.98. The second-order valence-corrected chi connectivity index (χ2v) is 7.19. The van der Waals surface area contributed by atoms with Gasteiger partial charge in [0.05, 0.1) is 17.5 Å². The number of rotatable bonds is 6. The molecule has 1 aliphatic rings. The first-order valence-corrected chi connectivity index (χ1v) is 8.43. The van der Waals surface area contributed by atoms with E-state index in [1.54, 1.807) is 4.90 Å². The van der Waals surface area contributed by atoms with Crippen LogP contribution in [0.5, 0.6) is 0 Å². The van der Waals surface area contributed by atoms with Crippen LogP contribution in [0.4, 0.5) is 0 Å². The third-order valence-corrected chi connectivity index (χ3v) is 5.09. The molecule has 0 aromatic heterocycles. The smallest absolute Gasteiger partial charge is 0.240 e. The van der Waals surface area contributed by atoms with Crippen molar-refractivity contribution in [2.45, 2.75) is 44.7 Å². The molecule has 0 bridgehead atoms. The van der Waals surface area contributed by atoms with Crippen molar-refractivity contribution in [3.8, 4) is 12.3 Å². The van der Waals surface area contributed by atoms with Gasteiger partial charge in [-0.1, -0.05) is 13.3 Å². The SMILES string of the molecule is C#CCC(N)C(=O)N(CCCC)C1CCS(=O)(=O)C1. The summed E-state index contributed by atoms with van der Waals surface area (Å²) in [5.41, 5.74) is 5.75. The van der Waals surface area contributed by atoms with Gasteiger partial charge in [-0.2, -0.15) is 0 Å². The molecule has 0 spiro atoms. The third-order valence-electron chi connectivity index (χ3n) is 3.34. The number of amides is 1. The van der Waals surface area contributed by atoms with E-state index in [1.165, 1.54) is 0 Å². The van der Waals surface area contributed by atoms with Crippen LogP contribution in [0, 0.1) is 12.3 Å². The molecule has 2 N–H and O–H groups in total. The lowest BCUT2D eigenvalue weighted by atomic mass is 10.1. The fraction of sp³-hybridized carbons (Fsp3) is 0.769. The number of carbonyl (C=O) groups is 1. The topological polar surface area (TPSA) is 80.5 Å². The highest BCUT2D eigenvalue weighted by Crippen LogP contribution is 2.19.